The third-order valence-corrected chi connectivity index (χ3v) is 7.70. The Bertz CT molecular complexity index is 1050. The van der Waals surface area contributed by atoms with Gasteiger partial charge in [0.1, 0.15) is 0 Å². The first-order chi connectivity index (χ1) is 18.7. The van der Waals surface area contributed by atoms with E-state index in [1.54, 1.807) is 6.92 Å². The van der Waals surface area contributed by atoms with Crippen LogP contribution in [0.4, 0.5) is 11.4 Å². The van der Waals surface area contributed by atoms with Gasteiger partial charge in [0.25, 0.3) is 0 Å². The summed E-state index contributed by atoms with van der Waals surface area (Å²) in [5.74, 6) is -1.59. The molecule has 2 heterocycles. The van der Waals surface area contributed by atoms with Gasteiger partial charge < -0.3 is 24.4 Å². The number of esters is 1. The second-order valence-corrected chi connectivity index (χ2v) is 11.0. The van der Waals surface area contributed by atoms with E-state index in [4.69, 9.17) is 27.9 Å². The molecule has 2 aromatic rings. The molecule has 2 atom stereocenters. The number of rotatable bonds is 8. The van der Waals surface area contributed by atoms with Crippen molar-refractivity contribution < 1.29 is 38.3 Å². The van der Waals surface area contributed by atoms with Gasteiger partial charge in [0.2, 0.25) is 0 Å². The Morgan fingerprint density at radius 3 is 1.40 bits per heavy atom. The van der Waals surface area contributed by atoms with Crippen molar-refractivity contribution in [1.82, 2.24) is 9.80 Å². The average Bonchev–Trinajstić information content (AvgIpc) is 2.94. The van der Waals surface area contributed by atoms with Crippen molar-refractivity contribution in [3.8, 4) is 0 Å². The average molecular weight is 586 g/mol. The van der Waals surface area contributed by atoms with Crippen LogP contribution in [-0.2, 0) is 14.3 Å². The van der Waals surface area contributed by atoms with Gasteiger partial charge >= 0.3 is 24.8 Å². The molecular formula is C29H39Cl2LiN4O4. The van der Waals surface area contributed by atoms with E-state index in [1.165, 1.54) is 12.8 Å². The fourth-order valence-corrected chi connectivity index (χ4v) is 5.06. The van der Waals surface area contributed by atoms with E-state index in [-0.39, 0.29) is 30.7 Å². The number of methoxy groups -OCH3 is 1. The summed E-state index contributed by atoms with van der Waals surface area (Å²) >= 11 is 11.8. The zero-order valence-electron chi connectivity index (χ0n) is 24.0. The van der Waals surface area contributed by atoms with Crippen LogP contribution in [0.5, 0.6) is 0 Å². The molecule has 2 saturated heterocycles. The van der Waals surface area contributed by atoms with Crippen LogP contribution in [0.25, 0.3) is 0 Å². The fourth-order valence-electron chi connectivity index (χ4n) is 4.81. The minimum absolute atomic E-state index is 0. The number of ether oxygens (including phenoxy) is 1. The minimum atomic E-state index is -0.972. The zero-order valence-corrected chi connectivity index (χ0v) is 25.5. The summed E-state index contributed by atoms with van der Waals surface area (Å²) in [5.41, 5.74) is 2.37. The number of nitrogens with zero attached hydrogens (tertiary/aromatic N) is 4. The van der Waals surface area contributed by atoms with E-state index < -0.39 is 11.9 Å². The van der Waals surface area contributed by atoms with Crippen LogP contribution in [0.3, 0.4) is 0 Å². The number of hydrogen-bond acceptors (Lipinski definition) is 8. The monoisotopic (exact) mass is 584 g/mol. The summed E-state index contributed by atoms with van der Waals surface area (Å²) in [7, 11) is 1.44. The topological polar surface area (TPSA) is 79.4 Å². The number of piperazine rings is 2. The predicted octanol–water partition coefficient (Wildman–Crippen LogP) is 0.123. The molecule has 0 aliphatic carbocycles. The third-order valence-electron chi connectivity index (χ3n) is 7.20. The Hall–Kier alpha value is -1.92. The summed E-state index contributed by atoms with van der Waals surface area (Å²) in [4.78, 5) is 31.3. The van der Waals surface area contributed by atoms with Crippen molar-refractivity contribution in [2.24, 2.45) is 11.8 Å². The van der Waals surface area contributed by atoms with E-state index in [0.29, 0.717) is 6.54 Å². The van der Waals surface area contributed by atoms with Crippen molar-refractivity contribution in [1.29, 1.82) is 0 Å². The molecule has 2 fully saturated rings. The van der Waals surface area contributed by atoms with Gasteiger partial charge in [0.15, 0.2) is 0 Å². The number of hydrogen-bond donors (Lipinski definition) is 0. The second kappa shape index (κ2) is 17.1. The summed E-state index contributed by atoms with van der Waals surface area (Å²) in [5, 5.41) is 12.2. The Morgan fingerprint density at radius 1 is 0.725 bits per heavy atom. The van der Waals surface area contributed by atoms with Gasteiger partial charge in [0.05, 0.1) is 13.0 Å². The van der Waals surface area contributed by atoms with Gasteiger partial charge in [-0.05, 0) is 48.5 Å². The van der Waals surface area contributed by atoms with Gasteiger partial charge in [-0.15, -0.1) is 0 Å². The molecule has 4 rings (SSSR count). The Balaban J connectivity index is 0.000000274. The van der Waals surface area contributed by atoms with Crippen molar-refractivity contribution >= 4 is 46.5 Å². The third kappa shape index (κ3) is 10.8. The number of carboxylic acids is 1. The molecule has 0 amide bonds. The second-order valence-electron chi connectivity index (χ2n) is 10.2. The standard InChI is InChI=1S/C15H21ClN2O2.C14H19ClN2O2.Li/c1-12(15(19)20-2)11-17-7-9-18(10-8-17)14-5-3-13(16)4-6-14;1-11(14(18)19)10-16-6-8-17(9-7-16)13-4-2-12(15)3-5-13;/h3-6,12H,7-11H2,1-2H3;2-5,11H,6-10H2,1H3,(H,18,19);/q;;+1/p-1. The van der Waals surface area contributed by atoms with E-state index in [9.17, 15) is 14.7 Å². The van der Waals surface area contributed by atoms with Gasteiger partial charge in [-0.2, -0.15) is 0 Å². The molecule has 8 nitrogen and oxygen atoms in total. The summed E-state index contributed by atoms with van der Waals surface area (Å²) in [6.07, 6.45) is 0. The first-order valence-corrected chi connectivity index (χ1v) is 14.2. The van der Waals surface area contributed by atoms with Crippen molar-refractivity contribution in [3.05, 3.63) is 58.6 Å². The van der Waals surface area contributed by atoms with Crippen LogP contribution < -0.4 is 33.8 Å². The molecule has 2 aliphatic heterocycles. The number of carboxylic acid groups (broad SMARTS) is 1. The van der Waals surface area contributed by atoms with Crippen molar-refractivity contribution in [3.63, 3.8) is 0 Å². The number of benzene rings is 2. The van der Waals surface area contributed by atoms with Gasteiger partial charge in [-0.1, -0.05) is 37.0 Å². The molecule has 0 N–H and O–H groups in total. The Kier molecular flexibility index (Phi) is 14.7. The molecule has 0 saturated carbocycles. The first-order valence-electron chi connectivity index (χ1n) is 13.4. The predicted molar refractivity (Wildman–Crippen MR) is 156 cm³/mol. The van der Waals surface area contributed by atoms with E-state index in [2.05, 4.69) is 31.7 Å². The quantitative estimate of drug-likeness (QED) is 0.320. The number of carbonyl (C=O) groups excluding carboxylic acids is 2. The molecule has 214 valence electrons. The molecular weight excluding hydrogens is 546 g/mol. The molecule has 0 spiro atoms. The van der Waals surface area contributed by atoms with Gasteiger partial charge in [-0.25, -0.2) is 0 Å². The smallest absolute Gasteiger partial charge is 0.550 e. The van der Waals surface area contributed by atoms with Gasteiger partial charge in [-0.3, -0.25) is 14.6 Å². The summed E-state index contributed by atoms with van der Waals surface area (Å²) in [6, 6.07) is 15.8. The molecule has 0 aromatic heterocycles. The van der Waals surface area contributed by atoms with Crippen LogP contribution in [0, 0.1) is 11.8 Å². The molecule has 0 bridgehead atoms. The van der Waals surface area contributed by atoms with Crippen LogP contribution in [-0.4, -0.2) is 94.3 Å². The number of anilines is 2. The van der Waals surface area contributed by atoms with Crippen LogP contribution in [0.15, 0.2) is 48.5 Å². The number of carbonyl (C=O) groups is 2. The first kappa shape index (κ1) is 34.3. The normalized spacial score (nSPS) is 17.6. The van der Waals surface area contributed by atoms with Crippen molar-refractivity contribution in [2.45, 2.75) is 13.8 Å². The molecule has 0 radical (unpaired) electrons. The maximum atomic E-state index is 11.4. The van der Waals surface area contributed by atoms with Gasteiger partial charge in [0, 0.05) is 98.8 Å². The molecule has 11 heteroatoms. The van der Waals surface area contributed by atoms with Crippen LogP contribution in [0.2, 0.25) is 10.0 Å². The van der Waals surface area contributed by atoms with Crippen LogP contribution in [0.1, 0.15) is 13.8 Å². The molecule has 2 aromatic carbocycles. The Morgan fingerprint density at radius 2 is 1.07 bits per heavy atom. The maximum Gasteiger partial charge on any atom is 1.00 e. The molecule has 2 aliphatic rings. The molecule has 40 heavy (non-hydrogen) atoms. The fraction of sp³-hybridized carbons (Fsp3) is 0.517. The Labute approximate surface area is 260 Å². The van der Waals surface area contributed by atoms with Crippen molar-refractivity contribution in [2.75, 3.05) is 82.4 Å². The summed E-state index contributed by atoms with van der Waals surface area (Å²) < 4.78 is 4.77. The number of halogens is 2. The summed E-state index contributed by atoms with van der Waals surface area (Å²) in [6.45, 7) is 12.4. The number of aliphatic carboxylic acids is 1. The van der Waals surface area contributed by atoms with E-state index in [1.807, 2.05) is 43.3 Å². The zero-order chi connectivity index (χ0) is 28.4. The van der Waals surface area contributed by atoms with Crippen LogP contribution >= 0.6 is 23.2 Å². The maximum absolute atomic E-state index is 11.4. The molecule has 2 unspecified atom stereocenters. The van der Waals surface area contributed by atoms with E-state index >= 15 is 0 Å². The van der Waals surface area contributed by atoms with E-state index in [0.717, 1.165) is 74.6 Å². The largest absolute Gasteiger partial charge is 1.00 e. The SMILES string of the molecule is CC(CN1CCN(c2ccc(Cl)cc2)CC1)C(=O)[O-].COC(=O)C(C)CN1CCN(c2ccc(Cl)cc2)CC1.[Li+]. The minimum Gasteiger partial charge on any atom is -0.550 e.